The van der Waals surface area contributed by atoms with E-state index in [4.69, 9.17) is 9.47 Å². The normalized spacial score (nSPS) is 14.2. The molecule has 0 fully saturated rings. The molecular formula is C29H25FN2O5. The van der Waals surface area contributed by atoms with E-state index < -0.39 is 17.7 Å². The van der Waals surface area contributed by atoms with Crippen molar-refractivity contribution in [3.63, 3.8) is 0 Å². The number of aryl methyl sites for hydroxylation is 1. The molecule has 0 unspecified atom stereocenters. The van der Waals surface area contributed by atoms with Crippen molar-refractivity contribution in [2.45, 2.75) is 13.8 Å². The summed E-state index contributed by atoms with van der Waals surface area (Å²) in [4.78, 5) is 39.2. The average molecular weight is 501 g/mol. The molecule has 0 atom stereocenters. The molecule has 37 heavy (non-hydrogen) atoms. The maximum Gasteiger partial charge on any atom is 0.340 e. The number of nitrogens with zero attached hydrogens (tertiary/aromatic N) is 1. The van der Waals surface area contributed by atoms with Gasteiger partial charge < -0.3 is 14.8 Å². The van der Waals surface area contributed by atoms with Gasteiger partial charge in [-0.25, -0.2) is 9.18 Å². The van der Waals surface area contributed by atoms with Crippen LogP contribution in [-0.2, 0) is 19.1 Å². The predicted octanol–water partition coefficient (Wildman–Crippen LogP) is 5.03. The number of esters is 1. The lowest BCUT2D eigenvalue weighted by Gasteiger charge is -2.18. The third kappa shape index (κ3) is 5.59. The third-order valence-corrected chi connectivity index (χ3v) is 5.78. The van der Waals surface area contributed by atoms with Gasteiger partial charge in [-0.3, -0.25) is 14.5 Å². The molecule has 8 heteroatoms. The molecule has 2 amide bonds. The second kappa shape index (κ2) is 10.9. The van der Waals surface area contributed by atoms with Gasteiger partial charge in [0.2, 0.25) is 0 Å². The number of carbonyl (C=O) groups is 3. The average Bonchev–Trinajstić information content (AvgIpc) is 3.13. The van der Waals surface area contributed by atoms with E-state index >= 15 is 0 Å². The molecule has 7 nitrogen and oxygen atoms in total. The fourth-order valence-corrected chi connectivity index (χ4v) is 3.91. The van der Waals surface area contributed by atoms with E-state index in [2.05, 4.69) is 5.32 Å². The first-order valence-corrected chi connectivity index (χ1v) is 11.5. The van der Waals surface area contributed by atoms with Gasteiger partial charge >= 0.3 is 5.97 Å². The number of allylic oxidation sites excluding steroid dienone is 1. The minimum absolute atomic E-state index is 0.0439. The lowest BCUT2D eigenvalue weighted by Crippen LogP contribution is -2.25. The zero-order valence-corrected chi connectivity index (χ0v) is 20.6. The highest BCUT2D eigenvalue weighted by atomic mass is 19.1. The third-order valence-electron chi connectivity index (χ3n) is 5.78. The Morgan fingerprint density at radius 2 is 1.65 bits per heavy atom. The number of nitrogens with one attached hydrogen (secondary N) is 1. The van der Waals surface area contributed by atoms with E-state index in [1.54, 1.807) is 37.3 Å². The van der Waals surface area contributed by atoms with E-state index in [9.17, 15) is 18.8 Å². The molecule has 0 saturated carbocycles. The molecule has 0 aliphatic carbocycles. The molecule has 0 aromatic heterocycles. The number of methoxy groups -OCH3 is 1. The smallest absolute Gasteiger partial charge is 0.340 e. The molecular weight excluding hydrogens is 475 g/mol. The van der Waals surface area contributed by atoms with Gasteiger partial charge in [-0.2, -0.15) is 0 Å². The van der Waals surface area contributed by atoms with Gasteiger partial charge in [0.1, 0.15) is 11.6 Å². The number of benzene rings is 3. The van der Waals surface area contributed by atoms with Crippen LogP contribution in [-0.4, -0.2) is 31.5 Å². The van der Waals surface area contributed by atoms with Crippen LogP contribution in [0.15, 0.2) is 89.6 Å². The lowest BCUT2D eigenvalue weighted by molar-refractivity contribution is -0.136. The number of amides is 2. The van der Waals surface area contributed by atoms with Crippen molar-refractivity contribution in [3.05, 3.63) is 107 Å². The summed E-state index contributed by atoms with van der Waals surface area (Å²) < 4.78 is 24.9. The van der Waals surface area contributed by atoms with E-state index in [-0.39, 0.29) is 35.0 Å². The molecule has 1 heterocycles. The summed E-state index contributed by atoms with van der Waals surface area (Å²) >= 11 is 0. The lowest BCUT2D eigenvalue weighted by atomic mass is 10.0. The standard InChI is InChI=1S/C29H25FN2O5/c1-18-8-12-21(13-9-18)31-26(33)17-37-22-14-10-20(11-15-22)16-23-27(29(35)36-3)19(2)32(28(23)34)25-7-5-4-6-24(25)30/h4-16H,17H2,1-3H3,(H,31,33)/b23-16-. The van der Waals surface area contributed by atoms with Crippen LogP contribution in [0.25, 0.3) is 6.08 Å². The molecule has 188 valence electrons. The van der Waals surface area contributed by atoms with E-state index in [1.807, 2.05) is 31.2 Å². The maximum absolute atomic E-state index is 14.5. The minimum Gasteiger partial charge on any atom is -0.484 e. The molecule has 4 rings (SSSR count). The molecule has 3 aromatic carbocycles. The molecule has 0 spiro atoms. The molecule has 0 bridgehead atoms. The maximum atomic E-state index is 14.5. The van der Waals surface area contributed by atoms with Gasteiger partial charge in [0.05, 0.1) is 23.9 Å². The highest BCUT2D eigenvalue weighted by molar-refractivity contribution is 6.23. The van der Waals surface area contributed by atoms with E-state index in [0.29, 0.717) is 17.0 Å². The van der Waals surface area contributed by atoms with Crippen molar-refractivity contribution in [2.75, 3.05) is 23.9 Å². The van der Waals surface area contributed by atoms with E-state index in [0.717, 1.165) is 10.5 Å². The van der Waals surface area contributed by atoms with Crippen molar-refractivity contribution in [3.8, 4) is 5.75 Å². The first kappa shape index (κ1) is 25.4. The minimum atomic E-state index is -0.699. The van der Waals surface area contributed by atoms with Crippen LogP contribution in [0.2, 0.25) is 0 Å². The summed E-state index contributed by atoms with van der Waals surface area (Å²) in [6.07, 6.45) is 1.53. The zero-order valence-electron chi connectivity index (χ0n) is 20.6. The first-order chi connectivity index (χ1) is 17.8. The van der Waals surface area contributed by atoms with Crippen LogP contribution in [0.3, 0.4) is 0 Å². The summed E-state index contributed by atoms with van der Waals surface area (Å²) in [7, 11) is 1.22. The predicted molar refractivity (Wildman–Crippen MR) is 138 cm³/mol. The van der Waals surface area contributed by atoms with Gasteiger partial charge in [-0.05, 0) is 61.9 Å². The fourth-order valence-electron chi connectivity index (χ4n) is 3.91. The fraction of sp³-hybridized carbons (Fsp3) is 0.138. The number of para-hydroxylation sites is 1. The number of hydrogen-bond acceptors (Lipinski definition) is 5. The molecule has 1 N–H and O–H groups in total. The van der Waals surface area contributed by atoms with Gasteiger partial charge in [-0.15, -0.1) is 0 Å². The van der Waals surface area contributed by atoms with Crippen LogP contribution >= 0.6 is 0 Å². The molecule has 0 saturated heterocycles. The highest BCUT2D eigenvalue weighted by Crippen LogP contribution is 2.36. The Morgan fingerprint density at radius 1 is 0.973 bits per heavy atom. The molecule has 1 aliphatic rings. The summed E-state index contributed by atoms with van der Waals surface area (Å²) in [6.45, 7) is 3.35. The number of rotatable bonds is 7. The summed E-state index contributed by atoms with van der Waals surface area (Å²) in [5.74, 6) is -1.69. The van der Waals surface area contributed by atoms with Crippen molar-refractivity contribution in [1.29, 1.82) is 0 Å². The van der Waals surface area contributed by atoms with Gasteiger partial charge in [0.25, 0.3) is 11.8 Å². The van der Waals surface area contributed by atoms with Gasteiger partial charge in [-0.1, -0.05) is 42.0 Å². The van der Waals surface area contributed by atoms with Crippen molar-refractivity contribution < 1.29 is 28.2 Å². The van der Waals surface area contributed by atoms with Crippen molar-refractivity contribution >= 4 is 35.2 Å². The second-order valence-electron chi connectivity index (χ2n) is 8.37. The Morgan fingerprint density at radius 3 is 2.30 bits per heavy atom. The van der Waals surface area contributed by atoms with Gasteiger partial charge in [0, 0.05) is 11.4 Å². The van der Waals surface area contributed by atoms with Crippen LogP contribution in [0.1, 0.15) is 18.1 Å². The molecule has 0 radical (unpaired) electrons. The first-order valence-electron chi connectivity index (χ1n) is 11.5. The topological polar surface area (TPSA) is 84.9 Å². The number of ether oxygens (including phenoxy) is 2. The largest absolute Gasteiger partial charge is 0.484 e. The number of anilines is 2. The van der Waals surface area contributed by atoms with Crippen LogP contribution in [0.5, 0.6) is 5.75 Å². The van der Waals surface area contributed by atoms with Crippen molar-refractivity contribution in [1.82, 2.24) is 0 Å². The van der Waals surface area contributed by atoms with Gasteiger partial charge in [0.15, 0.2) is 6.61 Å². The van der Waals surface area contributed by atoms with E-state index in [1.165, 1.54) is 31.4 Å². The zero-order chi connectivity index (χ0) is 26.5. The molecule has 1 aliphatic heterocycles. The Bertz CT molecular complexity index is 1410. The van der Waals surface area contributed by atoms with Crippen LogP contribution in [0.4, 0.5) is 15.8 Å². The Labute approximate surface area is 213 Å². The van der Waals surface area contributed by atoms with Crippen LogP contribution < -0.4 is 15.0 Å². The quantitative estimate of drug-likeness (QED) is 0.363. The number of hydrogen-bond donors (Lipinski definition) is 1. The Kier molecular flexibility index (Phi) is 7.48. The second-order valence-corrected chi connectivity index (χ2v) is 8.37. The summed E-state index contributed by atoms with van der Waals surface area (Å²) in [5, 5.41) is 2.76. The summed E-state index contributed by atoms with van der Waals surface area (Å²) in [6, 6.07) is 19.9. The Balaban J connectivity index is 1.51. The van der Waals surface area contributed by atoms with Crippen molar-refractivity contribution in [2.24, 2.45) is 0 Å². The molecule has 3 aromatic rings. The highest BCUT2D eigenvalue weighted by Gasteiger charge is 2.38. The monoisotopic (exact) mass is 500 g/mol. The number of halogens is 1. The number of carbonyl (C=O) groups excluding carboxylic acids is 3. The SMILES string of the molecule is COC(=O)C1=C(C)N(c2ccccc2F)C(=O)/C1=C\c1ccc(OCC(=O)Nc2ccc(C)cc2)cc1. The summed E-state index contributed by atoms with van der Waals surface area (Å²) in [5.41, 5.74) is 2.83. The Hall–Kier alpha value is -4.72. The van der Waals surface area contributed by atoms with Crippen LogP contribution in [0, 0.1) is 12.7 Å².